The van der Waals surface area contributed by atoms with Gasteiger partial charge in [0.15, 0.2) is 5.13 Å². The van der Waals surface area contributed by atoms with Gasteiger partial charge in [0.25, 0.3) is 0 Å². The maximum Gasteiger partial charge on any atom is 0.187 e. The molecular weight excluding hydrogens is 220 g/mol. The van der Waals surface area contributed by atoms with Crippen molar-refractivity contribution in [2.75, 3.05) is 18.0 Å². The van der Waals surface area contributed by atoms with E-state index in [4.69, 9.17) is 5.73 Å². The average Bonchev–Trinajstić information content (AvgIpc) is 2.73. The van der Waals surface area contributed by atoms with Crippen molar-refractivity contribution in [2.45, 2.75) is 18.9 Å². The van der Waals surface area contributed by atoms with Crippen molar-refractivity contribution in [3.8, 4) is 0 Å². The van der Waals surface area contributed by atoms with Gasteiger partial charge in [-0.2, -0.15) is 0 Å². The van der Waals surface area contributed by atoms with Crippen molar-refractivity contribution < 1.29 is 0 Å². The van der Waals surface area contributed by atoms with Crippen LogP contribution < -0.4 is 10.6 Å². The Hall–Kier alpha value is -1.20. The van der Waals surface area contributed by atoms with Crippen molar-refractivity contribution >= 4 is 26.8 Å². The topological polar surface area (TPSA) is 55.0 Å². The Bertz CT molecular complexity index is 454. The minimum Gasteiger partial charge on any atom is -0.348 e. The Morgan fingerprint density at radius 3 is 2.94 bits per heavy atom. The molecule has 0 spiro atoms. The van der Waals surface area contributed by atoms with E-state index in [1.807, 2.05) is 18.3 Å². The van der Waals surface area contributed by atoms with Gasteiger partial charge in [-0.1, -0.05) is 11.3 Å². The van der Waals surface area contributed by atoms with Crippen LogP contribution in [0.25, 0.3) is 10.3 Å². The normalized spacial score (nSPS) is 18.2. The number of aromatic nitrogens is 2. The van der Waals surface area contributed by atoms with Crippen molar-refractivity contribution in [3.05, 3.63) is 18.3 Å². The predicted molar refractivity (Wildman–Crippen MR) is 66.8 cm³/mol. The lowest BCUT2D eigenvalue weighted by atomic mass is 10.1. The van der Waals surface area contributed by atoms with E-state index in [1.165, 1.54) is 0 Å². The standard InChI is InChI=1S/C11H14N4S/c12-8-3-6-15(7-4-8)11-14-9-2-1-5-13-10(9)16-11/h1-2,5,8H,3-4,6-7,12H2. The number of nitrogens with zero attached hydrogens (tertiary/aromatic N) is 3. The Morgan fingerprint density at radius 1 is 1.38 bits per heavy atom. The van der Waals surface area contributed by atoms with Crippen molar-refractivity contribution in [2.24, 2.45) is 5.73 Å². The number of pyridine rings is 1. The van der Waals surface area contributed by atoms with E-state index in [1.54, 1.807) is 11.3 Å². The third kappa shape index (κ3) is 1.76. The first kappa shape index (κ1) is 9.99. The maximum atomic E-state index is 5.89. The van der Waals surface area contributed by atoms with Crippen LogP contribution in [0.2, 0.25) is 0 Å². The lowest BCUT2D eigenvalue weighted by Gasteiger charge is -2.29. The molecule has 0 amide bonds. The van der Waals surface area contributed by atoms with Crippen LogP contribution in [-0.2, 0) is 0 Å². The lowest BCUT2D eigenvalue weighted by Crippen LogP contribution is -2.39. The summed E-state index contributed by atoms with van der Waals surface area (Å²) in [6.45, 7) is 2.03. The zero-order valence-electron chi connectivity index (χ0n) is 8.97. The first-order chi connectivity index (χ1) is 7.83. The maximum absolute atomic E-state index is 5.89. The molecule has 5 heteroatoms. The van der Waals surface area contributed by atoms with Gasteiger partial charge in [-0.25, -0.2) is 9.97 Å². The molecule has 1 aliphatic rings. The van der Waals surface area contributed by atoms with E-state index < -0.39 is 0 Å². The molecule has 3 rings (SSSR count). The van der Waals surface area contributed by atoms with Crippen LogP contribution in [0.15, 0.2) is 18.3 Å². The van der Waals surface area contributed by atoms with Gasteiger partial charge in [-0.15, -0.1) is 0 Å². The number of fused-ring (bicyclic) bond motifs is 1. The number of anilines is 1. The monoisotopic (exact) mass is 234 g/mol. The van der Waals surface area contributed by atoms with Crippen LogP contribution in [0, 0.1) is 0 Å². The molecule has 2 aromatic heterocycles. The third-order valence-electron chi connectivity index (χ3n) is 2.97. The largest absolute Gasteiger partial charge is 0.348 e. The highest BCUT2D eigenvalue weighted by Gasteiger charge is 2.19. The summed E-state index contributed by atoms with van der Waals surface area (Å²) < 4.78 is 0. The smallest absolute Gasteiger partial charge is 0.187 e. The molecule has 1 saturated heterocycles. The highest BCUT2D eigenvalue weighted by atomic mass is 32.1. The van der Waals surface area contributed by atoms with Crippen molar-refractivity contribution in [1.29, 1.82) is 0 Å². The SMILES string of the molecule is NC1CCN(c2nc3cccnc3s2)CC1. The Balaban J connectivity index is 1.88. The van der Waals surface area contributed by atoms with Crippen molar-refractivity contribution in [1.82, 2.24) is 9.97 Å². The van der Waals surface area contributed by atoms with E-state index in [-0.39, 0.29) is 0 Å². The molecule has 3 heterocycles. The molecule has 0 saturated carbocycles. The summed E-state index contributed by atoms with van der Waals surface area (Å²) in [7, 11) is 0. The molecule has 0 unspecified atom stereocenters. The zero-order valence-corrected chi connectivity index (χ0v) is 9.78. The van der Waals surface area contributed by atoms with Gasteiger partial charge in [0, 0.05) is 25.3 Å². The van der Waals surface area contributed by atoms with E-state index in [0.717, 1.165) is 41.4 Å². The molecule has 2 aromatic rings. The fourth-order valence-electron chi connectivity index (χ4n) is 1.98. The summed E-state index contributed by atoms with van der Waals surface area (Å²) in [5.41, 5.74) is 6.89. The predicted octanol–water partition coefficient (Wildman–Crippen LogP) is 1.62. The summed E-state index contributed by atoms with van der Waals surface area (Å²) in [6.07, 6.45) is 3.93. The van der Waals surface area contributed by atoms with Gasteiger partial charge in [-0.3, -0.25) is 0 Å². The summed E-state index contributed by atoms with van der Waals surface area (Å²) >= 11 is 1.67. The summed E-state index contributed by atoms with van der Waals surface area (Å²) in [4.78, 5) is 12.3. The number of nitrogens with two attached hydrogens (primary N) is 1. The molecule has 0 atom stereocenters. The molecule has 0 bridgehead atoms. The number of rotatable bonds is 1. The van der Waals surface area contributed by atoms with Crippen LogP contribution in [0.5, 0.6) is 0 Å². The molecule has 2 N–H and O–H groups in total. The highest BCUT2D eigenvalue weighted by Crippen LogP contribution is 2.28. The molecule has 0 aliphatic carbocycles. The number of thiazole rings is 1. The van der Waals surface area contributed by atoms with Crippen LogP contribution in [0.3, 0.4) is 0 Å². The molecule has 16 heavy (non-hydrogen) atoms. The van der Waals surface area contributed by atoms with Crippen LogP contribution in [-0.4, -0.2) is 29.1 Å². The Labute approximate surface area is 98.1 Å². The zero-order chi connectivity index (χ0) is 11.0. The van der Waals surface area contributed by atoms with Gasteiger partial charge in [0.1, 0.15) is 10.3 Å². The lowest BCUT2D eigenvalue weighted by molar-refractivity contribution is 0.501. The summed E-state index contributed by atoms with van der Waals surface area (Å²) in [5.74, 6) is 0. The number of hydrogen-bond donors (Lipinski definition) is 1. The minimum atomic E-state index is 0.365. The van der Waals surface area contributed by atoms with Crippen LogP contribution in [0.4, 0.5) is 5.13 Å². The van der Waals surface area contributed by atoms with Gasteiger partial charge < -0.3 is 10.6 Å². The summed E-state index contributed by atoms with van der Waals surface area (Å²) in [6, 6.07) is 4.31. The molecular formula is C11H14N4S. The fraction of sp³-hybridized carbons (Fsp3) is 0.455. The minimum absolute atomic E-state index is 0.365. The number of hydrogen-bond acceptors (Lipinski definition) is 5. The van der Waals surface area contributed by atoms with E-state index in [0.29, 0.717) is 6.04 Å². The second-order valence-corrected chi connectivity index (χ2v) is 5.10. The molecule has 1 fully saturated rings. The first-order valence-corrected chi connectivity index (χ1v) is 6.36. The second-order valence-electron chi connectivity index (χ2n) is 4.15. The van der Waals surface area contributed by atoms with Gasteiger partial charge in [-0.05, 0) is 25.0 Å². The number of piperidine rings is 1. The second kappa shape index (κ2) is 3.99. The van der Waals surface area contributed by atoms with E-state index >= 15 is 0 Å². The molecule has 1 aliphatic heterocycles. The Kier molecular flexibility index (Phi) is 2.49. The fourth-order valence-corrected chi connectivity index (χ4v) is 2.94. The van der Waals surface area contributed by atoms with E-state index in [2.05, 4.69) is 14.9 Å². The van der Waals surface area contributed by atoms with E-state index in [9.17, 15) is 0 Å². The quantitative estimate of drug-likeness (QED) is 0.814. The average molecular weight is 234 g/mol. The molecule has 0 radical (unpaired) electrons. The molecule has 84 valence electrons. The van der Waals surface area contributed by atoms with Gasteiger partial charge in [0.2, 0.25) is 0 Å². The molecule has 4 nitrogen and oxygen atoms in total. The first-order valence-electron chi connectivity index (χ1n) is 5.55. The summed E-state index contributed by atoms with van der Waals surface area (Å²) in [5, 5.41) is 1.08. The van der Waals surface area contributed by atoms with Crippen molar-refractivity contribution in [3.63, 3.8) is 0 Å². The van der Waals surface area contributed by atoms with Crippen LogP contribution in [0.1, 0.15) is 12.8 Å². The molecule has 0 aromatic carbocycles. The van der Waals surface area contributed by atoms with Crippen LogP contribution >= 0.6 is 11.3 Å². The van der Waals surface area contributed by atoms with Gasteiger partial charge in [0.05, 0.1) is 0 Å². The Morgan fingerprint density at radius 2 is 2.19 bits per heavy atom. The van der Waals surface area contributed by atoms with Gasteiger partial charge >= 0.3 is 0 Å². The third-order valence-corrected chi connectivity index (χ3v) is 4.01. The highest BCUT2D eigenvalue weighted by molar-refractivity contribution is 7.21.